The Morgan fingerprint density at radius 2 is 1.94 bits per heavy atom. The zero-order chi connectivity index (χ0) is 12.2. The quantitative estimate of drug-likeness (QED) is 0.734. The molecule has 0 aliphatic rings. The SMILES string of the molecule is c1ccc(-c2nccc(Nc3cn[nH]c3)n2)cc1. The molecule has 0 saturated carbocycles. The number of rotatable bonds is 3. The van der Waals surface area contributed by atoms with E-state index >= 15 is 0 Å². The summed E-state index contributed by atoms with van der Waals surface area (Å²) in [5.41, 5.74) is 1.86. The molecule has 3 rings (SSSR count). The van der Waals surface area contributed by atoms with E-state index in [-0.39, 0.29) is 0 Å². The minimum absolute atomic E-state index is 0.698. The number of anilines is 2. The number of benzene rings is 1. The van der Waals surface area contributed by atoms with Crippen molar-refractivity contribution in [1.29, 1.82) is 0 Å². The highest BCUT2D eigenvalue weighted by molar-refractivity contribution is 5.59. The molecular weight excluding hydrogens is 226 g/mol. The zero-order valence-corrected chi connectivity index (χ0v) is 9.54. The highest BCUT2D eigenvalue weighted by Gasteiger charge is 2.02. The normalized spacial score (nSPS) is 10.2. The Morgan fingerprint density at radius 3 is 2.72 bits per heavy atom. The third-order valence-corrected chi connectivity index (χ3v) is 2.46. The second-order valence-corrected chi connectivity index (χ2v) is 3.74. The first-order valence-corrected chi connectivity index (χ1v) is 5.56. The molecule has 0 fully saturated rings. The maximum Gasteiger partial charge on any atom is 0.161 e. The maximum atomic E-state index is 4.45. The summed E-state index contributed by atoms with van der Waals surface area (Å²) in [7, 11) is 0. The molecule has 0 atom stereocenters. The lowest BCUT2D eigenvalue weighted by molar-refractivity contribution is 1.09. The number of hydrogen-bond acceptors (Lipinski definition) is 4. The van der Waals surface area contributed by atoms with Crippen molar-refractivity contribution in [3.05, 3.63) is 55.0 Å². The van der Waals surface area contributed by atoms with Gasteiger partial charge in [-0.05, 0) is 6.07 Å². The second kappa shape index (κ2) is 4.67. The average molecular weight is 237 g/mol. The monoisotopic (exact) mass is 237 g/mol. The van der Waals surface area contributed by atoms with E-state index < -0.39 is 0 Å². The molecule has 18 heavy (non-hydrogen) atoms. The van der Waals surface area contributed by atoms with Crippen molar-refractivity contribution >= 4 is 11.5 Å². The van der Waals surface area contributed by atoms with Crippen LogP contribution >= 0.6 is 0 Å². The van der Waals surface area contributed by atoms with E-state index in [2.05, 4.69) is 25.5 Å². The molecule has 0 bridgehead atoms. The van der Waals surface area contributed by atoms with Crippen LogP contribution in [0.2, 0.25) is 0 Å². The molecule has 2 aromatic heterocycles. The molecule has 88 valence electrons. The molecule has 0 spiro atoms. The number of aromatic amines is 1. The van der Waals surface area contributed by atoms with Crippen LogP contribution in [0.25, 0.3) is 11.4 Å². The van der Waals surface area contributed by atoms with Crippen LogP contribution in [0.4, 0.5) is 11.5 Å². The summed E-state index contributed by atoms with van der Waals surface area (Å²) in [5.74, 6) is 1.44. The molecule has 0 saturated heterocycles. The Morgan fingerprint density at radius 1 is 1.06 bits per heavy atom. The van der Waals surface area contributed by atoms with Crippen LogP contribution in [-0.4, -0.2) is 20.2 Å². The lowest BCUT2D eigenvalue weighted by Crippen LogP contribution is -1.95. The molecule has 2 heterocycles. The highest BCUT2D eigenvalue weighted by Crippen LogP contribution is 2.17. The summed E-state index contributed by atoms with van der Waals surface area (Å²) in [6.45, 7) is 0. The Hall–Kier alpha value is -2.69. The van der Waals surface area contributed by atoms with Gasteiger partial charge in [0, 0.05) is 18.0 Å². The first-order chi connectivity index (χ1) is 8.92. The number of hydrogen-bond donors (Lipinski definition) is 2. The van der Waals surface area contributed by atoms with Crippen molar-refractivity contribution in [2.24, 2.45) is 0 Å². The summed E-state index contributed by atoms with van der Waals surface area (Å²) >= 11 is 0. The van der Waals surface area contributed by atoms with E-state index in [1.54, 1.807) is 18.6 Å². The van der Waals surface area contributed by atoms with Gasteiger partial charge >= 0.3 is 0 Å². The lowest BCUT2D eigenvalue weighted by Gasteiger charge is -2.04. The van der Waals surface area contributed by atoms with Crippen LogP contribution in [0.1, 0.15) is 0 Å². The Balaban J connectivity index is 1.90. The average Bonchev–Trinajstić information content (AvgIpc) is 2.93. The first-order valence-electron chi connectivity index (χ1n) is 5.56. The first kappa shape index (κ1) is 10.5. The molecule has 0 aliphatic carbocycles. The largest absolute Gasteiger partial charge is 0.338 e. The summed E-state index contributed by atoms with van der Waals surface area (Å²) in [5, 5.41) is 9.76. The third kappa shape index (κ3) is 2.20. The van der Waals surface area contributed by atoms with E-state index in [1.165, 1.54) is 0 Å². The van der Waals surface area contributed by atoms with Gasteiger partial charge in [0.2, 0.25) is 0 Å². The van der Waals surface area contributed by atoms with Crippen molar-refractivity contribution in [2.75, 3.05) is 5.32 Å². The van der Waals surface area contributed by atoms with E-state index in [4.69, 9.17) is 0 Å². The fourth-order valence-corrected chi connectivity index (χ4v) is 1.62. The molecule has 1 aromatic carbocycles. The van der Waals surface area contributed by atoms with Crippen molar-refractivity contribution in [3.8, 4) is 11.4 Å². The van der Waals surface area contributed by atoms with Crippen LogP contribution in [0, 0.1) is 0 Å². The second-order valence-electron chi connectivity index (χ2n) is 3.74. The fourth-order valence-electron chi connectivity index (χ4n) is 1.62. The van der Waals surface area contributed by atoms with Crippen molar-refractivity contribution < 1.29 is 0 Å². The fraction of sp³-hybridized carbons (Fsp3) is 0. The molecule has 5 nitrogen and oxygen atoms in total. The number of H-pyrrole nitrogens is 1. The summed E-state index contributed by atoms with van der Waals surface area (Å²) in [6.07, 6.45) is 5.20. The Bertz CT molecular complexity index is 619. The van der Waals surface area contributed by atoms with Gasteiger partial charge in [-0.2, -0.15) is 5.10 Å². The zero-order valence-electron chi connectivity index (χ0n) is 9.54. The van der Waals surface area contributed by atoms with Gasteiger partial charge < -0.3 is 5.32 Å². The predicted octanol–water partition coefficient (Wildman–Crippen LogP) is 2.61. The molecule has 3 aromatic rings. The van der Waals surface area contributed by atoms with Crippen molar-refractivity contribution in [2.45, 2.75) is 0 Å². The van der Waals surface area contributed by atoms with Crippen LogP contribution in [0.5, 0.6) is 0 Å². The molecule has 0 unspecified atom stereocenters. The number of aromatic nitrogens is 4. The van der Waals surface area contributed by atoms with Crippen LogP contribution in [-0.2, 0) is 0 Å². The van der Waals surface area contributed by atoms with Crippen LogP contribution in [0.3, 0.4) is 0 Å². The van der Waals surface area contributed by atoms with Gasteiger partial charge in [-0.1, -0.05) is 30.3 Å². The minimum atomic E-state index is 0.698. The highest BCUT2D eigenvalue weighted by atomic mass is 15.1. The van der Waals surface area contributed by atoms with Crippen molar-refractivity contribution in [1.82, 2.24) is 20.2 Å². The molecule has 0 radical (unpaired) electrons. The summed E-state index contributed by atoms with van der Waals surface area (Å²) < 4.78 is 0. The third-order valence-electron chi connectivity index (χ3n) is 2.46. The standard InChI is InChI=1S/C13H11N5/c1-2-4-10(5-3-1)13-14-7-6-12(18-13)17-11-8-15-16-9-11/h1-9H,(H,15,16)(H,14,17,18). The minimum Gasteiger partial charge on any atom is -0.338 e. The molecule has 5 heteroatoms. The molecule has 2 N–H and O–H groups in total. The number of nitrogens with zero attached hydrogens (tertiary/aromatic N) is 3. The van der Waals surface area contributed by atoms with E-state index in [9.17, 15) is 0 Å². The van der Waals surface area contributed by atoms with Gasteiger partial charge in [0.1, 0.15) is 5.82 Å². The Kier molecular flexibility index (Phi) is 2.71. The van der Waals surface area contributed by atoms with Crippen molar-refractivity contribution in [3.63, 3.8) is 0 Å². The number of nitrogens with one attached hydrogen (secondary N) is 2. The van der Waals surface area contributed by atoms with Crippen LogP contribution in [0.15, 0.2) is 55.0 Å². The van der Waals surface area contributed by atoms with E-state index in [0.29, 0.717) is 5.82 Å². The van der Waals surface area contributed by atoms with E-state index in [1.807, 2.05) is 36.4 Å². The Labute approximate surface area is 104 Å². The van der Waals surface area contributed by atoms with Gasteiger partial charge in [-0.25, -0.2) is 9.97 Å². The predicted molar refractivity (Wildman–Crippen MR) is 69.3 cm³/mol. The molecule has 0 aliphatic heterocycles. The maximum absolute atomic E-state index is 4.45. The van der Waals surface area contributed by atoms with Crippen LogP contribution < -0.4 is 5.32 Å². The lowest BCUT2D eigenvalue weighted by atomic mass is 10.2. The van der Waals surface area contributed by atoms with Gasteiger partial charge in [-0.3, -0.25) is 5.10 Å². The van der Waals surface area contributed by atoms with Gasteiger partial charge in [-0.15, -0.1) is 0 Å². The smallest absolute Gasteiger partial charge is 0.161 e. The topological polar surface area (TPSA) is 66.5 Å². The van der Waals surface area contributed by atoms with Gasteiger partial charge in [0.05, 0.1) is 11.9 Å². The van der Waals surface area contributed by atoms with E-state index in [0.717, 1.165) is 17.1 Å². The molecular formula is C13H11N5. The van der Waals surface area contributed by atoms with Gasteiger partial charge in [0.15, 0.2) is 5.82 Å². The summed E-state index contributed by atoms with van der Waals surface area (Å²) in [4.78, 5) is 8.72. The van der Waals surface area contributed by atoms with Gasteiger partial charge in [0.25, 0.3) is 0 Å². The summed E-state index contributed by atoms with van der Waals surface area (Å²) in [6, 6.07) is 11.7. The molecule has 0 amide bonds.